The molecule has 2 aromatic rings. The van der Waals surface area contributed by atoms with Gasteiger partial charge in [0, 0.05) is 37.3 Å². The van der Waals surface area contributed by atoms with Crippen LogP contribution in [0.1, 0.15) is 30.9 Å². The van der Waals surface area contributed by atoms with Crippen LogP contribution in [0, 0.1) is 0 Å². The van der Waals surface area contributed by atoms with E-state index in [0.717, 1.165) is 12.1 Å². The molecule has 6 heteroatoms. The highest BCUT2D eigenvalue weighted by Gasteiger charge is 2.47. The van der Waals surface area contributed by atoms with Crippen LogP contribution >= 0.6 is 0 Å². The highest BCUT2D eigenvalue weighted by molar-refractivity contribution is 5.77. The maximum absolute atomic E-state index is 11.8. The lowest BCUT2D eigenvalue weighted by atomic mass is 9.94. The van der Waals surface area contributed by atoms with Crippen LogP contribution in [0.2, 0.25) is 0 Å². The molecule has 19 heavy (non-hydrogen) atoms. The van der Waals surface area contributed by atoms with Gasteiger partial charge < -0.3 is 9.67 Å². The molecule has 2 atom stereocenters. The third-order valence-corrected chi connectivity index (χ3v) is 4.16. The zero-order valence-electron chi connectivity index (χ0n) is 10.7. The molecule has 0 saturated heterocycles. The molecule has 100 valence electrons. The Morgan fingerprint density at radius 2 is 2.37 bits per heavy atom. The third kappa shape index (κ3) is 1.75. The summed E-state index contributed by atoms with van der Waals surface area (Å²) in [5.74, 6) is -0.554. The van der Waals surface area contributed by atoms with Gasteiger partial charge in [0.15, 0.2) is 0 Å². The van der Waals surface area contributed by atoms with Gasteiger partial charge in [0.05, 0.1) is 6.33 Å². The van der Waals surface area contributed by atoms with Gasteiger partial charge in [-0.15, -0.1) is 0 Å². The molecule has 0 spiro atoms. The van der Waals surface area contributed by atoms with E-state index >= 15 is 0 Å². The van der Waals surface area contributed by atoms with Gasteiger partial charge in [-0.3, -0.25) is 4.68 Å². The molecule has 0 bridgehead atoms. The first-order valence-electron chi connectivity index (χ1n) is 6.33. The molecule has 1 fully saturated rings. The molecule has 1 saturated carbocycles. The van der Waals surface area contributed by atoms with Crippen molar-refractivity contribution in [1.82, 2.24) is 19.3 Å². The Morgan fingerprint density at radius 1 is 1.53 bits per heavy atom. The Morgan fingerprint density at radius 3 is 2.95 bits per heavy atom. The molecule has 1 aliphatic carbocycles. The first kappa shape index (κ1) is 12.0. The van der Waals surface area contributed by atoms with Crippen molar-refractivity contribution in [2.24, 2.45) is 7.05 Å². The van der Waals surface area contributed by atoms with E-state index in [1.165, 1.54) is 0 Å². The zero-order valence-corrected chi connectivity index (χ0v) is 10.7. The Hall–Kier alpha value is -2.11. The fourth-order valence-corrected chi connectivity index (χ4v) is 3.11. The van der Waals surface area contributed by atoms with Gasteiger partial charge in [0.25, 0.3) is 0 Å². The number of carboxylic acids is 1. The zero-order chi connectivity index (χ0) is 13.5. The molecule has 3 rings (SSSR count). The lowest BCUT2D eigenvalue weighted by molar-refractivity contribution is -0.147. The van der Waals surface area contributed by atoms with E-state index in [2.05, 4.69) is 10.1 Å². The smallest absolute Gasteiger partial charge is 0.329 e. The lowest BCUT2D eigenvalue weighted by Gasteiger charge is -2.26. The van der Waals surface area contributed by atoms with Crippen LogP contribution in [-0.4, -0.2) is 30.4 Å². The van der Waals surface area contributed by atoms with Crippen LogP contribution in [0.3, 0.4) is 0 Å². The average molecular weight is 260 g/mol. The SMILES string of the molecule is Cn1nccc1C1CCC(C(=O)O)(n2ccnc2)C1. The minimum Gasteiger partial charge on any atom is -0.479 e. The third-order valence-electron chi connectivity index (χ3n) is 4.16. The van der Waals surface area contributed by atoms with Crippen LogP contribution in [0.15, 0.2) is 31.0 Å². The van der Waals surface area contributed by atoms with Crippen molar-refractivity contribution < 1.29 is 9.90 Å². The quantitative estimate of drug-likeness (QED) is 0.904. The summed E-state index contributed by atoms with van der Waals surface area (Å²) in [7, 11) is 1.90. The monoisotopic (exact) mass is 260 g/mol. The maximum atomic E-state index is 11.8. The number of imidazole rings is 1. The molecule has 2 aromatic heterocycles. The number of aryl methyl sites for hydroxylation is 1. The van der Waals surface area contributed by atoms with E-state index in [9.17, 15) is 9.90 Å². The highest BCUT2D eigenvalue weighted by Crippen LogP contribution is 2.45. The van der Waals surface area contributed by atoms with Crippen molar-refractivity contribution in [3.63, 3.8) is 0 Å². The Kier molecular flexibility index (Phi) is 2.66. The molecule has 1 aliphatic rings. The van der Waals surface area contributed by atoms with Gasteiger partial charge in [-0.05, 0) is 25.3 Å². The summed E-state index contributed by atoms with van der Waals surface area (Å²) >= 11 is 0. The Balaban J connectivity index is 1.94. The first-order valence-corrected chi connectivity index (χ1v) is 6.33. The maximum Gasteiger partial charge on any atom is 0.329 e. The number of carboxylic acid groups (broad SMARTS) is 1. The summed E-state index contributed by atoms with van der Waals surface area (Å²) in [5.41, 5.74) is 0.231. The number of hydrogen-bond acceptors (Lipinski definition) is 3. The van der Waals surface area contributed by atoms with Crippen molar-refractivity contribution in [3.8, 4) is 0 Å². The number of carbonyl (C=O) groups is 1. The van der Waals surface area contributed by atoms with Crippen molar-refractivity contribution in [1.29, 1.82) is 0 Å². The number of nitrogens with zero attached hydrogens (tertiary/aromatic N) is 4. The molecule has 2 unspecified atom stereocenters. The van der Waals surface area contributed by atoms with E-state index in [0.29, 0.717) is 12.8 Å². The number of aliphatic carboxylic acids is 1. The summed E-state index contributed by atoms with van der Waals surface area (Å²) < 4.78 is 3.56. The van der Waals surface area contributed by atoms with Gasteiger partial charge in [0.1, 0.15) is 5.54 Å². The second-order valence-electron chi connectivity index (χ2n) is 5.13. The van der Waals surface area contributed by atoms with Crippen LogP contribution in [0.5, 0.6) is 0 Å². The van der Waals surface area contributed by atoms with Crippen LogP contribution in [0.4, 0.5) is 0 Å². The summed E-state index contributed by atoms with van der Waals surface area (Å²) in [5, 5.41) is 13.8. The highest BCUT2D eigenvalue weighted by atomic mass is 16.4. The van der Waals surface area contributed by atoms with Gasteiger partial charge in [-0.2, -0.15) is 5.10 Å². The standard InChI is InChI=1S/C13H16N4O2/c1-16-11(3-5-15-16)10-2-4-13(8-10,12(18)19)17-7-6-14-9-17/h3,5-7,9-10H,2,4,8H2,1H3,(H,18,19). The Bertz CT molecular complexity index is 590. The summed E-state index contributed by atoms with van der Waals surface area (Å²) in [6.07, 6.45) is 8.77. The molecule has 2 heterocycles. The Labute approximate surface area is 110 Å². The minimum absolute atomic E-state index is 0.228. The molecule has 0 aromatic carbocycles. The molecule has 0 amide bonds. The van der Waals surface area contributed by atoms with Crippen molar-refractivity contribution in [2.75, 3.05) is 0 Å². The van der Waals surface area contributed by atoms with E-state index in [-0.39, 0.29) is 5.92 Å². The van der Waals surface area contributed by atoms with Crippen molar-refractivity contribution in [3.05, 3.63) is 36.7 Å². The first-order chi connectivity index (χ1) is 9.13. The topological polar surface area (TPSA) is 72.9 Å². The van der Waals surface area contributed by atoms with Crippen LogP contribution < -0.4 is 0 Å². The lowest BCUT2D eigenvalue weighted by Crippen LogP contribution is -2.38. The average Bonchev–Trinajstić information content (AvgIpc) is 3.08. The minimum atomic E-state index is -0.870. The molecular formula is C13H16N4O2. The molecule has 6 nitrogen and oxygen atoms in total. The van der Waals surface area contributed by atoms with Gasteiger partial charge in [0.2, 0.25) is 0 Å². The van der Waals surface area contributed by atoms with Gasteiger partial charge in [-0.25, -0.2) is 9.78 Å². The second-order valence-corrected chi connectivity index (χ2v) is 5.13. The number of aromatic nitrogens is 4. The molecular weight excluding hydrogens is 244 g/mol. The largest absolute Gasteiger partial charge is 0.479 e. The number of hydrogen-bond donors (Lipinski definition) is 1. The van der Waals surface area contributed by atoms with Gasteiger partial charge >= 0.3 is 5.97 Å². The van der Waals surface area contributed by atoms with E-state index < -0.39 is 11.5 Å². The fourth-order valence-electron chi connectivity index (χ4n) is 3.11. The number of rotatable bonds is 3. The molecule has 0 aliphatic heterocycles. The van der Waals surface area contributed by atoms with Crippen molar-refractivity contribution >= 4 is 5.97 Å². The normalized spacial score (nSPS) is 26.7. The summed E-state index contributed by atoms with van der Waals surface area (Å²) in [4.78, 5) is 15.7. The summed E-state index contributed by atoms with van der Waals surface area (Å²) in [6, 6.07) is 1.97. The molecule has 1 N–H and O–H groups in total. The predicted octanol–water partition coefficient (Wildman–Crippen LogP) is 1.36. The second kappa shape index (κ2) is 4.22. The van der Waals surface area contributed by atoms with Crippen LogP contribution in [0.25, 0.3) is 0 Å². The predicted molar refractivity (Wildman–Crippen MR) is 67.6 cm³/mol. The van der Waals surface area contributed by atoms with Crippen LogP contribution in [-0.2, 0) is 17.4 Å². The van der Waals surface area contributed by atoms with E-state index in [4.69, 9.17) is 0 Å². The fraction of sp³-hybridized carbons (Fsp3) is 0.462. The van der Waals surface area contributed by atoms with Crippen molar-refractivity contribution in [2.45, 2.75) is 30.7 Å². The molecule has 0 radical (unpaired) electrons. The van der Waals surface area contributed by atoms with Gasteiger partial charge in [-0.1, -0.05) is 0 Å². The van der Waals surface area contributed by atoms with E-state index in [1.807, 2.05) is 17.8 Å². The summed E-state index contributed by atoms with van der Waals surface area (Å²) in [6.45, 7) is 0. The van der Waals surface area contributed by atoms with E-state index in [1.54, 1.807) is 29.5 Å².